The highest BCUT2D eigenvalue weighted by molar-refractivity contribution is 5.78. The molecule has 16 heteroatoms. The topological polar surface area (TPSA) is 276 Å². The Bertz CT molecular complexity index is 679. The first-order valence-electron chi connectivity index (χ1n) is 9.86. The zero-order valence-corrected chi connectivity index (χ0v) is 17.1. The molecule has 0 bridgehead atoms. The van der Waals surface area contributed by atoms with E-state index in [2.05, 4.69) is 5.32 Å². The average molecular weight is 487 g/mol. The second kappa shape index (κ2) is 11.3. The van der Waals surface area contributed by atoms with E-state index in [0.29, 0.717) is 0 Å². The summed E-state index contributed by atoms with van der Waals surface area (Å²) in [6, 6.07) is -1.59. The molecular formula is C17H29NO15. The van der Waals surface area contributed by atoms with Crippen molar-refractivity contribution in [2.75, 3.05) is 19.8 Å². The maximum absolute atomic E-state index is 12.3. The van der Waals surface area contributed by atoms with Crippen molar-refractivity contribution >= 4 is 11.9 Å². The zero-order chi connectivity index (χ0) is 25.1. The van der Waals surface area contributed by atoms with E-state index < -0.39 is 105 Å². The van der Waals surface area contributed by atoms with Crippen molar-refractivity contribution in [3.63, 3.8) is 0 Å². The molecule has 11 atom stereocenters. The molecule has 2 saturated heterocycles. The van der Waals surface area contributed by atoms with Crippen LogP contribution < -0.4 is 5.32 Å². The third-order valence-electron chi connectivity index (χ3n) is 5.39. The van der Waals surface area contributed by atoms with Gasteiger partial charge in [-0.05, 0) is 0 Å². The molecule has 0 unspecified atom stereocenters. The third kappa shape index (κ3) is 6.13. The molecule has 2 aliphatic heterocycles. The number of hydrogen-bond acceptors (Lipinski definition) is 14. The van der Waals surface area contributed by atoms with Gasteiger partial charge in [-0.3, -0.25) is 4.79 Å². The van der Waals surface area contributed by atoms with Crippen LogP contribution in [0.5, 0.6) is 0 Å². The molecule has 1 amide bonds. The van der Waals surface area contributed by atoms with Crippen molar-refractivity contribution < 1.29 is 74.9 Å². The lowest BCUT2D eigenvalue weighted by molar-refractivity contribution is -0.300. The number of carboxylic acid groups (broad SMARTS) is 1. The van der Waals surface area contributed by atoms with Crippen molar-refractivity contribution in [2.45, 2.75) is 73.4 Å². The summed E-state index contributed by atoms with van der Waals surface area (Å²) in [6.45, 7) is -2.62. The number of aliphatic carboxylic acids is 1. The summed E-state index contributed by atoms with van der Waals surface area (Å²) in [5, 5.41) is 99.1. The second-order valence-corrected chi connectivity index (χ2v) is 7.79. The van der Waals surface area contributed by atoms with Gasteiger partial charge >= 0.3 is 5.97 Å². The standard InChI is InChI=1S/C17H29NO15/c19-2-6(22)10(24)14-9(5(21)1-17(30,33-14)16(28)29)18-8(23)4-31-15-13(27)12(26)11(25)7(3-20)32-15/h5-7,9-15,19-22,24-27,30H,1-4H2,(H,18,23)(H,28,29)/t5-,6+,7+,9+,10+,11-,12-,13+,14+,15+,17-/m0/s1. The van der Waals surface area contributed by atoms with E-state index in [9.17, 15) is 45.3 Å². The number of aliphatic hydroxyl groups excluding tert-OH is 8. The van der Waals surface area contributed by atoms with E-state index >= 15 is 0 Å². The highest BCUT2D eigenvalue weighted by atomic mass is 16.7. The average Bonchev–Trinajstić information content (AvgIpc) is 2.77. The van der Waals surface area contributed by atoms with Crippen LogP contribution in [0.1, 0.15) is 6.42 Å². The minimum Gasteiger partial charge on any atom is -0.477 e. The van der Waals surface area contributed by atoms with E-state index in [1.807, 2.05) is 0 Å². The molecule has 0 aromatic heterocycles. The number of carbonyl (C=O) groups excluding carboxylic acids is 1. The Hall–Kier alpha value is -1.54. The Kier molecular flexibility index (Phi) is 9.45. The summed E-state index contributed by atoms with van der Waals surface area (Å²) < 4.78 is 15.0. The molecule has 2 rings (SSSR count). The predicted molar refractivity (Wildman–Crippen MR) is 98.8 cm³/mol. The van der Waals surface area contributed by atoms with Crippen LogP contribution in [0.4, 0.5) is 0 Å². The van der Waals surface area contributed by atoms with Gasteiger partial charge in [0.2, 0.25) is 5.91 Å². The molecule has 0 aromatic rings. The molecule has 0 radical (unpaired) electrons. The van der Waals surface area contributed by atoms with Gasteiger partial charge in [0, 0.05) is 6.42 Å². The molecule has 192 valence electrons. The fraction of sp³-hybridized carbons (Fsp3) is 0.882. The molecule has 11 N–H and O–H groups in total. The monoisotopic (exact) mass is 487 g/mol. The SMILES string of the molecule is O=C(CO[C@@H]1O[C@H](CO)[C@H](O)[C@H](O)[C@H]1O)N[C@H]1[C@H]([C@H](O)[C@H](O)CO)O[C@](O)(C(=O)O)C[C@@H]1O. The van der Waals surface area contributed by atoms with E-state index in [1.54, 1.807) is 0 Å². The second-order valence-electron chi connectivity index (χ2n) is 7.79. The van der Waals surface area contributed by atoms with E-state index in [-0.39, 0.29) is 0 Å². The van der Waals surface area contributed by atoms with Gasteiger partial charge in [-0.1, -0.05) is 0 Å². The molecule has 0 aromatic carbocycles. The molecule has 2 aliphatic rings. The van der Waals surface area contributed by atoms with Gasteiger partial charge in [-0.2, -0.15) is 0 Å². The van der Waals surface area contributed by atoms with Crippen LogP contribution >= 0.6 is 0 Å². The molecule has 0 spiro atoms. The number of aliphatic hydroxyl groups is 9. The highest BCUT2D eigenvalue weighted by Crippen LogP contribution is 2.30. The zero-order valence-electron chi connectivity index (χ0n) is 17.1. The lowest BCUT2D eigenvalue weighted by atomic mass is 9.88. The Labute approximate surface area is 186 Å². The number of ether oxygens (including phenoxy) is 3. The van der Waals surface area contributed by atoms with Crippen molar-refractivity contribution in [1.29, 1.82) is 0 Å². The molecule has 2 heterocycles. The van der Waals surface area contributed by atoms with Gasteiger partial charge in [-0.25, -0.2) is 4.79 Å². The minimum atomic E-state index is -2.96. The molecular weight excluding hydrogens is 458 g/mol. The van der Waals surface area contributed by atoms with Crippen LogP contribution in [0.25, 0.3) is 0 Å². The molecule has 0 aliphatic carbocycles. The normalized spacial score (nSPS) is 41.2. The summed E-state index contributed by atoms with van der Waals surface area (Å²) in [7, 11) is 0. The van der Waals surface area contributed by atoms with E-state index in [1.165, 1.54) is 0 Å². The summed E-state index contributed by atoms with van der Waals surface area (Å²) in [6.07, 6.45) is -16.7. The van der Waals surface area contributed by atoms with Crippen molar-refractivity contribution in [1.82, 2.24) is 5.32 Å². The Morgan fingerprint density at radius 2 is 1.73 bits per heavy atom. The van der Waals surface area contributed by atoms with Crippen LogP contribution in [-0.2, 0) is 23.8 Å². The van der Waals surface area contributed by atoms with Crippen molar-refractivity contribution in [2.24, 2.45) is 0 Å². The molecule has 16 nitrogen and oxygen atoms in total. The number of carbonyl (C=O) groups is 2. The van der Waals surface area contributed by atoms with E-state index in [0.717, 1.165) is 0 Å². The summed E-state index contributed by atoms with van der Waals surface area (Å²) >= 11 is 0. The first-order chi connectivity index (χ1) is 15.4. The first kappa shape index (κ1) is 27.7. The Balaban J connectivity index is 2.08. The summed E-state index contributed by atoms with van der Waals surface area (Å²) in [4.78, 5) is 23.6. The highest BCUT2D eigenvalue weighted by Gasteiger charge is 2.54. The van der Waals surface area contributed by atoms with Crippen LogP contribution in [0.3, 0.4) is 0 Å². The summed E-state index contributed by atoms with van der Waals surface area (Å²) in [5.41, 5.74) is 0. The molecule has 33 heavy (non-hydrogen) atoms. The predicted octanol–water partition coefficient (Wildman–Crippen LogP) is -7.08. The van der Waals surface area contributed by atoms with Gasteiger partial charge in [0.25, 0.3) is 5.79 Å². The van der Waals surface area contributed by atoms with Gasteiger partial charge in [0.15, 0.2) is 6.29 Å². The number of hydrogen-bond donors (Lipinski definition) is 11. The third-order valence-corrected chi connectivity index (χ3v) is 5.39. The smallest absolute Gasteiger partial charge is 0.364 e. The van der Waals surface area contributed by atoms with Crippen LogP contribution in [-0.4, -0.2) is 150 Å². The van der Waals surface area contributed by atoms with Crippen LogP contribution in [0.2, 0.25) is 0 Å². The maximum Gasteiger partial charge on any atom is 0.364 e. The van der Waals surface area contributed by atoms with Crippen LogP contribution in [0.15, 0.2) is 0 Å². The van der Waals surface area contributed by atoms with E-state index in [4.69, 9.17) is 29.5 Å². The largest absolute Gasteiger partial charge is 0.477 e. The maximum atomic E-state index is 12.3. The van der Waals surface area contributed by atoms with Crippen LogP contribution in [0, 0.1) is 0 Å². The van der Waals surface area contributed by atoms with Crippen molar-refractivity contribution in [3.8, 4) is 0 Å². The van der Waals surface area contributed by atoms with Crippen molar-refractivity contribution in [3.05, 3.63) is 0 Å². The lowest BCUT2D eigenvalue weighted by Gasteiger charge is -2.44. The minimum absolute atomic E-state index is 0.734. The summed E-state index contributed by atoms with van der Waals surface area (Å²) in [5.74, 6) is -5.90. The first-order valence-corrected chi connectivity index (χ1v) is 9.86. The van der Waals surface area contributed by atoms with Gasteiger partial charge in [0.1, 0.15) is 49.3 Å². The number of nitrogens with one attached hydrogen (secondary N) is 1. The Morgan fingerprint density at radius 3 is 2.27 bits per heavy atom. The fourth-order valence-corrected chi connectivity index (χ4v) is 3.49. The van der Waals surface area contributed by atoms with Gasteiger partial charge in [0.05, 0.1) is 25.4 Å². The number of rotatable bonds is 9. The Morgan fingerprint density at radius 1 is 1.09 bits per heavy atom. The van der Waals surface area contributed by atoms with Gasteiger partial charge < -0.3 is 70.6 Å². The number of carboxylic acids is 1. The molecule has 0 saturated carbocycles. The lowest BCUT2D eigenvalue weighted by Crippen LogP contribution is -2.67. The molecule has 2 fully saturated rings. The quantitative estimate of drug-likeness (QED) is 0.144. The number of amides is 1. The van der Waals surface area contributed by atoms with Gasteiger partial charge in [-0.15, -0.1) is 0 Å². The fourth-order valence-electron chi connectivity index (χ4n) is 3.49.